The third-order valence-electron chi connectivity index (χ3n) is 12.9. The van der Waals surface area contributed by atoms with Crippen LogP contribution in [0, 0.1) is 0 Å². The molecule has 0 heterocycles. The van der Waals surface area contributed by atoms with Gasteiger partial charge >= 0.3 is 0 Å². The predicted molar refractivity (Wildman–Crippen MR) is 237 cm³/mol. The quantitative estimate of drug-likeness (QED) is 0.171. The molecule has 0 aromatic heterocycles. The molecule has 266 valence electrons. The summed E-state index contributed by atoms with van der Waals surface area (Å²) in [4.78, 5) is 2.40. The summed E-state index contributed by atoms with van der Waals surface area (Å²) in [6.07, 6.45) is 0. The van der Waals surface area contributed by atoms with E-state index in [-0.39, 0.29) is 10.8 Å². The van der Waals surface area contributed by atoms with Gasteiger partial charge in [0.2, 0.25) is 0 Å². The van der Waals surface area contributed by atoms with Gasteiger partial charge in [-0.15, -0.1) is 0 Å². The first-order valence-corrected chi connectivity index (χ1v) is 19.8. The molecular weight excluding hydrogens is 675 g/mol. The lowest BCUT2D eigenvalue weighted by Gasteiger charge is -2.30. The molecular formula is C55H41N. The molecule has 0 N–H and O–H groups in total. The Labute approximate surface area is 329 Å². The molecule has 0 atom stereocenters. The Bertz CT molecular complexity index is 2980. The van der Waals surface area contributed by atoms with E-state index in [2.05, 4.69) is 220 Å². The van der Waals surface area contributed by atoms with E-state index in [1.165, 1.54) is 82.7 Å². The van der Waals surface area contributed by atoms with Gasteiger partial charge in [-0.05, 0) is 121 Å². The molecule has 0 spiro atoms. The molecule has 0 fully saturated rings. The maximum Gasteiger partial charge on any atom is 0.0540 e. The molecule has 0 aliphatic heterocycles. The Kier molecular flexibility index (Phi) is 7.10. The lowest BCUT2D eigenvalue weighted by Crippen LogP contribution is -2.24. The SMILES string of the molecule is CC1(C)c2cc(-c3ccc(N(c4ccccc4)c4ccc5ccccc5c4)c4ccccc34)ccc2-c2ccc(C3(C)c4ccccc4-c4ccccc43)cc21. The molecule has 9 aromatic carbocycles. The van der Waals surface area contributed by atoms with Crippen LogP contribution in [0.15, 0.2) is 194 Å². The highest BCUT2D eigenvalue weighted by molar-refractivity contribution is 6.07. The number of hydrogen-bond acceptors (Lipinski definition) is 1. The van der Waals surface area contributed by atoms with Crippen molar-refractivity contribution in [1.29, 1.82) is 0 Å². The topological polar surface area (TPSA) is 3.24 Å². The molecule has 0 unspecified atom stereocenters. The molecule has 0 saturated heterocycles. The van der Waals surface area contributed by atoms with Crippen molar-refractivity contribution in [2.24, 2.45) is 0 Å². The lowest BCUT2D eigenvalue weighted by molar-refractivity contribution is 0.652. The Morgan fingerprint density at radius 3 is 1.68 bits per heavy atom. The van der Waals surface area contributed by atoms with Crippen molar-refractivity contribution in [2.75, 3.05) is 4.90 Å². The highest BCUT2D eigenvalue weighted by Gasteiger charge is 2.43. The highest BCUT2D eigenvalue weighted by Crippen LogP contribution is 2.56. The van der Waals surface area contributed by atoms with Gasteiger partial charge in [0, 0.05) is 27.6 Å². The standard InChI is InChI=1S/C55H41N/c1-54(2)51-34-38(26-29-46(51)47-30-27-39(35-52(47)54)55(3)49-23-13-11-20-44(49)45-21-12-14-24-50(45)55)42-31-32-53(48-22-10-9-19-43(42)48)56(40-17-5-4-6-18-40)41-28-25-36-15-7-8-16-37(36)33-41/h4-35H,1-3H3. The number of nitrogens with zero attached hydrogens (tertiary/aromatic N) is 1. The zero-order chi connectivity index (χ0) is 37.6. The van der Waals surface area contributed by atoms with Gasteiger partial charge in [-0.3, -0.25) is 0 Å². The normalized spacial score (nSPS) is 14.3. The Morgan fingerprint density at radius 2 is 0.929 bits per heavy atom. The van der Waals surface area contributed by atoms with Gasteiger partial charge in [0.05, 0.1) is 5.69 Å². The zero-order valence-corrected chi connectivity index (χ0v) is 31.9. The van der Waals surface area contributed by atoms with Crippen LogP contribution < -0.4 is 4.90 Å². The van der Waals surface area contributed by atoms with Gasteiger partial charge in [0.15, 0.2) is 0 Å². The molecule has 0 saturated carbocycles. The summed E-state index contributed by atoms with van der Waals surface area (Å²) in [5.74, 6) is 0. The number of anilines is 3. The molecule has 0 radical (unpaired) electrons. The van der Waals surface area contributed by atoms with Crippen LogP contribution in [-0.4, -0.2) is 0 Å². The largest absolute Gasteiger partial charge is 0.310 e. The van der Waals surface area contributed by atoms with E-state index in [1.807, 2.05) is 0 Å². The molecule has 2 aliphatic carbocycles. The smallest absolute Gasteiger partial charge is 0.0540 e. The van der Waals surface area contributed by atoms with Crippen LogP contribution in [0.25, 0.3) is 54.9 Å². The van der Waals surface area contributed by atoms with Gasteiger partial charge < -0.3 is 4.90 Å². The fourth-order valence-corrected chi connectivity index (χ4v) is 10.0. The van der Waals surface area contributed by atoms with E-state index in [9.17, 15) is 0 Å². The first kappa shape index (κ1) is 32.7. The molecule has 1 nitrogen and oxygen atoms in total. The van der Waals surface area contributed by atoms with Crippen LogP contribution >= 0.6 is 0 Å². The van der Waals surface area contributed by atoms with Crippen molar-refractivity contribution in [2.45, 2.75) is 31.6 Å². The van der Waals surface area contributed by atoms with Crippen LogP contribution in [0.4, 0.5) is 17.1 Å². The summed E-state index contributed by atoms with van der Waals surface area (Å²) in [7, 11) is 0. The monoisotopic (exact) mass is 715 g/mol. The summed E-state index contributed by atoms with van der Waals surface area (Å²) in [6.45, 7) is 7.24. The second kappa shape index (κ2) is 12.2. The minimum atomic E-state index is -0.223. The van der Waals surface area contributed by atoms with E-state index >= 15 is 0 Å². The minimum absolute atomic E-state index is 0.166. The van der Waals surface area contributed by atoms with E-state index in [0.29, 0.717) is 0 Å². The van der Waals surface area contributed by atoms with Crippen LogP contribution in [0.2, 0.25) is 0 Å². The first-order chi connectivity index (χ1) is 27.4. The van der Waals surface area contributed by atoms with Crippen molar-refractivity contribution >= 4 is 38.6 Å². The second-order valence-electron chi connectivity index (χ2n) is 16.2. The van der Waals surface area contributed by atoms with Gasteiger partial charge in [-0.1, -0.05) is 172 Å². The number of benzene rings is 9. The average Bonchev–Trinajstić information content (AvgIpc) is 3.65. The Hall–Kier alpha value is -6.70. The molecule has 1 heteroatoms. The Morgan fingerprint density at radius 1 is 0.357 bits per heavy atom. The first-order valence-electron chi connectivity index (χ1n) is 19.8. The third kappa shape index (κ3) is 4.67. The van der Waals surface area contributed by atoms with E-state index in [4.69, 9.17) is 0 Å². The fraction of sp³-hybridized carbons (Fsp3) is 0.0909. The van der Waals surface area contributed by atoms with Crippen molar-refractivity contribution in [3.63, 3.8) is 0 Å². The van der Waals surface area contributed by atoms with Gasteiger partial charge in [0.1, 0.15) is 0 Å². The summed E-state index contributed by atoms with van der Waals surface area (Å²) in [6, 6.07) is 72.1. The van der Waals surface area contributed by atoms with Gasteiger partial charge in [0.25, 0.3) is 0 Å². The summed E-state index contributed by atoms with van der Waals surface area (Å²) < 4.78 is 0. The number of rotatable bonds is 5. The van der Waals surface area contributed by atoms with Crippen LogP contribution in [0.5, 0.6) is 0 Å². The molecule has 2 aliphatic rings. The van der Waals surface area contributed by atoms with Crippen molar-refractivity contribution < 1.29 is 0 Å². The van der Waals surface area contributed by atoms with E-state index < -0.39 is 0 Å². The average molecular weight is 716 g/mol. The van der Waals surface area contributed by atoms with Crippen molar-refractivity contribution in [3.05, 3.63) is 222 Å². The highest BCUT2D eigenvalue weighted by atomic mass is 15.1. The fourth-order valence-electron chi connectivity index (χ4n) is 10.0. The Balaban J connectivity index is 1.02. The summed E-state index contributed by atoms with van der Waals surface area (Å²) in [5, 5.41) is 4.94. The second-order valence-corrected chi connectivity index (χ2v) is 16.2. The van der Waals surface area contributed by atoms with Crippen LogP contribution in [0.3, 0.4) is 0 Å². The van der Waals surface area contributed by atoms with E-state index in [0.717, 1.165) is 17.1 Å². The number of para-hydroxylation sites is 1. The maximum absolute atomic E-state index is 2.52. The van der Waals surface area contributed by atoms with Crippen molar-refractivity contribution in [1.82, 2.24) is 0 Å². The minimum Gasteiger partial charge on any atom is -0.310 e. The lowest BCUT2D eigenvalue weighted by atomic mass is 9.72. The van der Waals surface area contributed by atoms with Crippen molar-refractivity contribution in [3.8, 4) is 33.4 Å². The molecule has 11 rings (SSSR count). The van der Waals surface area contributed by atoms with Crippen LogP contribution in [-0.2, 0) is 10.8 Å². The number of hydrogen-bond donors (Lipinski definition) is 0. The maximum atomic E-state index is 2.52. The predicted octanol–water partition coefficient (Wildman–Crippen LogP) is 14.8. The van der Waals surface area contributed by atoms with Crippen LogP contribution in [0.1, 0.15) is 48.6 Å². The summed E-state index contributed by atoms with van der Waals surface area (Å²) in [5.41, 5.74) is 17.8. The van der Waals surface area contributed by atoms with Gasteiger partial charge in [-0.2, -0.15) is 0 Å². The molecule has 9 aromatic rings. The third-order valence-corrected chi connectivity index (χ3v) is 12.9. The molecule has 0 amide bonds. The van der Waals surface area contributed by atoms with E-state index in [1.54, 1.807) is 0 Å². The number of fused-ring (bicyclic) bond motifs is 8. The molecule has 56 heavy (non-hydrogen) atoms. The zero-order valence-electron chi connectivity index (χ0n) is 31.9. The molecule has 0 bridgehead atoms. The van der Waals surface area contributed by atoms with Gasteiger partial charge in [-0.25, -0.2) is 0 Å². The summed E-state index contributed by atoms with van der Waals surface area (Å²) >= 11 is 0.